The molecule has 0 bridgehead atoms. The van der Waals surface area contributed by atoms with E-state index >= 15 is 0 Å². The number of fused-ring (bicyclic) bond motifs is 1. The number of phenolic OH excluding ortho intramolecular Hbond substituents is 2. The number of rotatable bonds is 1. The summed E-state index contributed by atoms with van der Waals surface area (Å²) in [5.41, 5.74) is 1.98. The molecule has 110 valence electrons. The van der Waals surface area contributed by atoms with Crippen molar-refractivity contribution in [1.82, 2.24) is 0 Å². The van der Waals surface area contributed by atoms with E-state index in [4.69, 9.17) is 4.74 Å². The molecule has 4 heteroatoms. The van der Waals surface area contributed by atoms with Crippen LogP contribution in [0.25, 0.3) is 0 Å². The molecule has 1 heterocycles. The first-order chi connectivity index (χ1) is 10.0. The average Bonchev–Trinajstić information content (AvgIpc) is 2.48. The fourth-order valence-corrected chi connectivity index (χ4v) is 2.88. The minimum atomic E-state index is -0.769. The molecule has 0 saturated carbocycles. The molecule has 2 aromatic rings. The molecule has 1 aliphatic heterocycles. The van der Waals surface area contributed by atoms with Gasteiger partial charge < -0.3 is 20.1 Å². The Balaban J connectivity index is 2.13. The molecule has 3 N–H and O–H groups in total. The van der Waals surface area contributed by atoms with Gasteiger partial charge in [-0.05, 0) is 12.5 Å². The molecule has 21 heavy (non-hydrogen) atoms. The molecule has 0 spiro atoms. The van der Waals surface area contributed by atoms with Crippen molar-refractivity contribution >= 4 is 0 Å². The second kappa shape index (κ2) is 4.97. The van der Waals surface area contributed by atoms with E-state index in [0.717, 1.165) is 5.56 Å². The average molecular weight is 286 g/mol. The van der Waals surface area contributed by atoms with E-state index in [2.05, 4.69) is 0 Å². The molecule has 1 aliphatic rings. The van der Waals surface area contributed by atoms with E-state index in [1.165, 1.54) is 6.07 Å². The Morgan fingerprint density at radius 1 is 1.05 bits per heavy atom. The zero-order valence-electron chi connectivity index (χ0n) is 11.9. The van der Waals surface area contributed by atoms with Gasteiger partial charge in [-0.3, -0.25) is 0 Å². The molecule has 3 unspecified atom stereocenters. The molecule has 3 atom stereocenters. The Hall–Kier alpha value is -2.20. The van der Waals surface area contributed by atoms with Crippen LogP contribution in [-0.2, 0) is 0 Å². The summed E-state index contributed by atoms with van der Waals surface area (Å²) in [6.45, 7) is 3.58. The maximum absolute atomic E-state index is 10.5. The van der Waals surface area contributed by atoms with Crippen molar-refractivity contribution in [3.8, 4) is 17.2 Å². The van der Waals surface area contributed by atoms with Gasteiger partial charge in [0.1, 0.15) is 23.4 Å². The molecule has 2 aromatic carbocycles. The lowest BCUT2D eigenvalue weighted by Crippen LogP contribution is -2.33. The Morgan fingerprint density at radius 2 is 1.71 bits per heavy atom. The molecule has 0 radical (unpaired) electrons. The fourth-order valence-electron chi connectivity index (χ4n) is 2.88. The largest absolute Gasteiger partial charge is 0.507 e. The molecule has 0 amide bonds. The highest BCUT2D eigenvalue weighted by Crippen LogP contribution is 2.49. The van der Waals surface area contributed by atoms with Crippen molar-refractivity contribution in [2.24, 2.45) is 0 Å². The third-order valence-corrected chi connectivity index (χ3v) is 4.17. The molecule has 0 saturated heterocycles. The number of aliphatic hydroxyl groups is 1. The SMILES string of the molecule is Cc1c(O)cc(O)c2c1OC(c1ccccc1)C(O)C2C. The normalized spacial score (nSPS) is 24.2. The van der Waals surface area contributed by atoms with Crippen LogP contribution in [0, 0.1) is 6.92 Å². The number of aliphatic hydroxyl groups excluding tert-OH is 1. The second-order valence-electron chi connectivity index (χ2n) is 5.51. The van der Waals surface area contributed by atoms with E-state index in [9.17, 15) is 15.3 Å². The summed E-state index contributed by atoms with van der Waals surface area (Å²) in [7, 11) is 0. The van der Waals surface area contributed by atoms with Crippen molar-refractivity contribution in [3.05, 3.63) is 53.1 Å². The first kappa shape index (κ1) is 13.8. The van der Waals surface area contributed by atoms with E-state index in [1.807, 2.05) is 37.3 Å². The standard InChI is InChI=1S/C17H18O4/c1-9-12(18)8-13(19)14-10(2)15(20)17(21-16(9)14)11-6-4-3-5-7-11/h3-8,10,15,17-20H,1-2H3. The molecule has 0 aliphatic carbocycles. The molecular formula is C17H18O4. The predicted octanol–water partition coefficient (Wildman–Crippen LogP) is 3.00. The van der Waals surface area contributed by atoms with Crippen LogP contribution >= 0.6 is 0 Å². The Bertz CT molecular complexity index is 666. The molecule has 0 fully saturated rings. The molecule has 0 aromatic heterocycles. The van der Waals surface area contributed by atoms with E-state index in [0.29, 0.717) is 16.9 Å². The lowest BCUT2D eigenvalue weighted by atomic mass is 9.84. The van der Waals surface area contributed by atoms with Gasteiger partial charge in [-0.2, -0.15) is 0 Å². The summed E-state index contributed by atoms with van der Waals surface area (Å²) in [4.78, 5) is 0. The van der Waals surface area contributed by atoms with Crippen LogP contribution in [-0.4, -0.2) is 21.4 Å². The van der Waals surface area contributed by atoms with Crippen molar-refractivity contribution in [1.29, 1.82) is 0 Å². The van der Waals surface area contributed by atoms with Crippen LogP contribution in [0.3, 0.4) is 0 Å². The van der Waals surface area contributed by atoms with Crippen LogP contribution < -0.4 is 4.74 Å². The van der Waals surface area contributed by atoms with Crippen molar-refractivity contribution in [3.63, 3.8) is 0 Å². The number of benzene rings is 2. The van der Waals surface area contributed by atoms with Crippen molar-refractivity contribution in [2.75, 3.05) is 0 Å². The van der Waals surface area contributed by atoms with Gasteiger partial charge in [-0.25, -0.2) is 0 Å². The number of ether oxygens (including phenoxy) is 1. The van der Waals surface area contributed by atoms with Crippen molar-refractivity contribution in [2.45, 2.75) is 32.0 Å². The highest BCUT2D eigenvalue weighted by atomic mass is 16.5. The van der Waals surface area contributed by atoms with Gasteiger partial charge in [0.05, 0.1) is 0 Å². The predicted molar refractivity (Wildman–Crippen MR) is 78.7 cm³/mol. The van der Waals surface area contributed by atoms with Crippen molar-refractivity contribution < 1.29 is 20.1 Å². The summed E-state index contributed by atoms with van der Waals surface area (Å²) in [6, 6.07) is 10.8. The molecule has 3 rings (SSSR count). The van der Waals surface area contributed by atoms with Gasteiger partial charge in [-0.15, -0.1) is 0 Å². The Kier molecular flexibility index (Phi) is 3.26. The summed E-state index contributed by atoms with van der Waals surface area (Å²) >= 11 is 0. The fraction of sp³-hybridized carbons (Fsp3) is 0.294. The highest BCUT2D eigenvalue weighted by Gasteiger charge is 2.38. The zero-order valence-corrected chi connectivity index (χ0v) is 11.9. The van der Waals surface area contributed by atoms with Gasteiger partial charge >= 0.3 is 0 Å². The Labute approximate surface area is 123 Å². The minimum Gasteiger partial charge on any atom is -0.507 e. The van der Waals surface area contributed by atoms with Crippen LogP contribution in [0.5, 0.6) is 17.2 Å². The minimum absolute atomic E-state index is 0.0124. The summed E-state index contributed by atoms with van der Waals surface area (Å²) in [5.74, 6) is 0.102. The topological polar surface area (TPSA) is 69.9 Å². The summed E-state index contributed by atoms with van der Waals surface area (Å²) < 4.78 is 5.92. The van der Waals surface area contributed by atoms with Gasteiger partial charge in [0, 0.05) is 23.1 Å². The number of hydrogen-bond acceptors (Lipinski definition) is 4. The van der Waals surface area contributed by atoms with Crippen LogP contribution in [0.15, 0.2) is 36.4 Å². The Morgan fingerprint density at radius 3 is 2.38 bits per heavy atom. The third kappa shape index (κ3) is 2.12. The summed E-state index contributed by atoms with van der Waals surface area (Å²) in [5, 5.41) is 30.4. The number of phenols is 2. The lowest BCUT2D eigenvalue weighted by Gasteiger charge is -2.36. The van der Waals surface area contributed by atoms with Crippen LogP contribution in [0.2, 0.25) is 0 Å². The second-order valence-corrected chi connectivity index (χ2v) is 5.51. The lowest BCUT2D eigenvalue weighted by molar-refractivity contribution is 0.00226. The quantitative estimate of drug-likeness (QED) is 0.753. The first-order valence-corrected chi connectivity index (χ1v) is 6.95. The maximum atomic E-state index is 10.5. The summed E-state index contributed by atoms with van der Waals surface area (Å²) in [6.07, 6.45) is -1.29. The monoisotopic (exact) mass is 286 g/mol. The van der Waals surface area contributed by atoms with Gasteiger partial charge in [0.25, 0.3) is 0 Å². The zero-order chi connectivity index (χ0) is 15.1. The highest BCUT2D eigenvalue weighted by molar-refractivity contribution is 5.58. The first-order valence-electron chi connectivity index (χ1n) is 6.95. The molecule has 4 nitrogen and oxygen atoms in total. The van der Waals surface area contributed by atoms with E-state index in [1.54, 1.807) is 6.92 Å². The smallest absolute Gasteiger partial charge is 0.150 e. The van der Waals surface area contributed by atoms with E-state index in [-0.39, 0.29) is 17.4 Å². The van der Waals surface area contributed by atoms with Crippen LogP contribution in [0.4, 0.5) is 0 Å². The third-order valence-electron chi connectivity index (χ3n) is 4.17. The van der Waals surface area contributed by atoms with Crippen LogP contribution in [0.1, 0.15) is 35.6 Å². The number of hydrogen-bond donors (Lipinski definition) is 3. The van der Waals surface area contributed by atoms with Gasteiger partial charge in [0.2, 0.25) is 0 Å². The molecular weight excluding hydrogens is 268 g/mol. The maximum Gasteiger partial charge on any atom is 0.150 e. The van der Waals surface area contributed by atoms with Gasteiger partial charge in [0.15, 0.2) is 6.10 Å². The van der Waals surface area contributed by atoms with E-state index < -0.39 is 12.2 Å². The van der Waals surface area contributed by atoms with Gasteiger partial charge in [-0.1, -0.05) is 37.3 Å². The number of aromatic hydroxyl groups is 2.